The number of nitrogens with zero attached hydrogens (tertiary/aromatic N) is 1. The molecular weight excluding hydrogens is 416 g/mol. The molecule has 0 aliphatic heterocycles. The SMILES string of the molecule is COCCCNC(=O)C(=O)N/N=C\c1cccc(OCC(=O)Nc2cccc(OC)c2)c1. The van der Waals surface area contributed by atoms with Gasteiger partial charge in [-0.2, -0.15) is 5.10 Å². The van der Waals surface area contributed by atoms with Crippen molar-refractivity contribution in [3.05, 3.63) is 54.1 Å². The summed E-state index contributed by atoms with van der Waals surface area (Å²) >= 11 is 0. The molecule has 0 bridgehead atoms. The Morgan fingerprint density at radius 3 is 2.56 bits per heavy atom. The maximum atomic E-state index is 12.1. The minimum Gasteiger partial charge on any atom is -0.497 e. The number of carbonyl (C=O) groups is 3. The lowest BCUT2D eigenvalue weighted by Gasteiger charge is -2.09. The highest BCUT2D eigenvalue weighted by Gasteiger charge is 2.11. The van der Waals surface area contributed by atoms with Crippen LogP contribution in [0.3, 0.4) is 0 Å². The maximum absolute atomic E-state index is 12.1. The van der Waals surface area contributed by atoms with Gasteiger partial charge in [-0.15, -0.1) is 0 Å². The van der Waals surface area contributed by atoms with Gasteiger partial charge in [-0.05, 0) is 36.2 Å². The molecule has 10 nitrogen and oxygen atoms in total. The van der Waals surface area contributed by atoms with Gasteiger partial charge in [-0.1, -0.05) is 18.2 Å². The van der Waals surface area contributed by atoms with E-state index in [1.165, 1.54) is 6.21 Å². The summed E-state index contributed by atoms with van der Waals surface area (Å²) in [4.78, 5) is 35.4. The largest absolute Gasteiger partial charge is 0.497 e. The van der Waals surface area contributed by atoms with Gasteiger partial charge < -0.3 is 24.8 Å². The van der Waals surface area contributed by atoms with Crippen LogP contribution in [-0.4, -0.2) is 57.9 Å². The van der Waals surface area contributed by atoms with E-state index < -0.39 is 11.8 Å². The van der Waals surface area contributed by atoms with Gasteiger partial charge in [0.15, 0.2) is 6.61 Å². The summed E-state index contributed by atoms with van der Waals surface area (Å²) in [5, 5.41) is 8.93. The van der Waals surface area contributed by atoms with E-state index in [2.05, 4.69) is 21.2 Å². The van der Waals surface area contributed by atoms with Crippen molar-refractivity contribution < 1.29 is 28.6 Å². The summed E-state index contributed by atoms with van der Waals surface area (Å²) in [5.41, 5.74) is 3.35. The highest BCUT2D eigenvalue weighted by molar-refractivity contribution is 6.35. The molecule has 0 aromatic heterocycles. The first-order chi connectivity index (χ1) is 15.5. The van der Waals surface area contributed by atoms with Crippen molar-refractivity contribution in [3.63, 3.8) is 0 Å². The number of rotatable bonds is 11. The van der Waals surface area contributed by atoms with Crippen molar-refractivity contribution in [2.75, 3.05) is 39.3 Å². The molecule has 0 saturated heterocycles. The van der Waals surface area contributed by atoms with Crippen molar-refractivity contribution in [2.45, 2.75) is 6.42 Å². The number of hydrogen-bond donors (Lipinski definition) is 3. The monoisotopic (exact) mass is 442 g/mol. The van der Waals surface area contributed by atoms with E-state index in [1.807, 2.05) is 0 Å². The van der Waals surface area contributed by atoms with Crippen LogP contribution in [0, 0.1) is 0 Å². The number of benzene rings is 2. The first-order valence-corrected chi connectivity index (χ1v) is 9.78. The Morgan fingerprint density at radius 1 is 1.00 bits per heavy atom. The van der Waals surface area contributed by atoms with Crippen molar-refractivity contribution in [3.8, 4) is 11.5 Å². The molecule has 3 N–H and O–H groups in total. The van der Waals surface area contributed by atoms with Crippen LogP contribution in [-0.2, 0) is 19.1 Å². The molecule has 0 fully saturated rings. The average Bonchev–Trinajstić information content (AvgIpc) is 2.80. The molecule has 2 rings (SSSR count). The van der Waals surface area contributed by atoms with Crippen LogP contribution >= 0.6 is 0 Å². The van der Waals surface area contributed by atoms with E-state index in [0.717, 1.165) is 0 Å². The summed E-state index contributed by atoms with van der Waals surface area (Å²) in [5.74, 6) is -0.915. The first-order valence-electron chi connectivity index (χ1n) is 9.78. The summed E-state index contributed by atoms with van der Waals surface area (Å²) in [6.45, 7) is 0.619. The van der Waals surface area contributed by atoms with E-state index in [-0.39, 0.29) is 12.5 Å². The third-order valence-corrected chi connectivity index (χ3v) is 3.98. The minimum atomic E-state index is -0.875. The predicted molar refractivity (Wildman–Crippen MR) is 119 cm³/mol. The van der Waals surface area contributed by atoms with Crippen LogP contribution < -0.4 is 25.5 Å². The molecule has 0 heterocycles. The van der Waals surface area contributed by atoms with E-state index in [4.69, 9.17) is 14.2 Å². The summed E-state index contributed by atoms with van der Waals surface area (Å²) < 4.78 is 15.5. The van der Waals surface area contributed by atoms with Gasteiger partial charge in [0.2, 0.25) is 0 Å². The fourth-order valence-corrected chi connectivity index (χ4v) is 2.45. The third-order valence-electron chi connectivity index (χ3n) is 3.98. The van der Waals surface area contributed by atoms with Crippen molar-refractivity contribution >= 4 is 29.6 Å². The lowest BCUT2D eigenvalue weighted by Crippen LogP contribution is -2.38. The van der Waals surface area contributed by atoms with Gasteiger partial charge in [-0.3, -0.25) is 14.4 Å². The number of hydrazone groups is 1. The number of carbonyl (C=O) groups excluding carboxylic acids is 3. The molecule has 10 heteroatoms. The fraction of sp³-hybridized carbons (Fsp3) is 0.273. The normalized spacial score (nSPS) is 10.4. The van der Waals surface area contributed by atoms with Gasteiger partial charge in [0.05, 0.1) is 13.3 Å². The summed E-state index contributed by atoms with van der Waals surface area (Å²) in [7, 11) is 3.10. The standard InChI is InChI=1S/C22H26N4O6/c1-30-11-5-10-23-21(28)22(29)26-24-14-16-6-3-9-19(12-16)32-15-20(27)25-17-7-4-8-18(13-17)31-2/h3-4,6-9,12-14H,5,10-11,15H2,1-2H3,(H,23,28)(H,25,27)(H,26,29)/b24-14-. The Morgan fingerprint density at radius 2 is 1.78 bits per heavy atom. The first kappa shape index (κ1) is 24.4. The molecule has 170 valence electrons. The lowest BCUT2D eigenvalue weighted by molar-refractivity contribution is -0.139. The van der Waals surface area contributed by atoms with E-state index in [1.54, 1.807) is 62.8 Å². The Labute approximate surface area is 185 Å². The molecule has 0 atom stereocenters. The predicted octanol–water partition coefficient (Wildman–Crippen LogP) is 1.32. The molecule has 0 spiro atoms. The van der Waals surface area contributed by atoms with Gasteiger partial charge in [-0.25, -0.2) is 5.43 Å². The van der Waals surface area contributed by atoms with Gasteiger partial charge >= 0.3 is 11.8 Å². The van der Waals surface area contributed by atoms with E-state index in [0.29, 0.717) is 42.3 Å². The van der Waals surface area contributed by atoms with Crippen LogP contribution in [0.2, 0.25) is 0 Å². The maximum Gasteiger partial charge on any atom is 0.329 e. The van der Waals surface area contributed by atoms with Gasteiger partial charge in [0.25, 0.3) is 5.91 Å². The molecule has 0 radical (unpaired) electrons. The second-order valence-corrected chi connectivity index (χ2v) is 6.44. The van der Waals surface area contributed by atoms with Crippen molar-refractivity contribution in [2.24, 2.45) is 5.10 Å². The Bertz CT molecular complexity index is 948. The van der Waals surface area contributed by atoms with Gasteiger partial charge in [0, 0.05) is 32.0 Å². The second-order valence-electron chi connectivity index (χ2n) is 6.44. The van der Waals surface area contributed by atoms with Crippen LogP contribution in [0.5, 0.6) is 11.5 Å². The Hall–Kier alpha value is -3.92. The zero-order valence-electron chi connectivity index (χ0n) is 17.9. The second kappa shape index (κ2) is 13.4. The molecule has 0 saturated carbocycles. The Kier molecular flexibility index (Phi) is 10.2. The highest BCUT2D eigenvalue weighted by Crippen LogP contribution is 2.17. The summed E-state index contributed by atoms with van der Waals surface area (Å²) in [6, 6.07) is 13.7. The summed E-state index contributed by atoms with van der Waals surface area (Å²) in [6.07, 6.45) is 1.96. The molecule has 3 amide bonds. The van der Waals surface area contributed by atoms with Crippen LogP contribution in [0.25, 0.3) is 0 Å². The molecule has 0 unspecified atom stereocenters. The number of amides is 3. The Balaban J connectivity index is 1.79. The number of ether oxygens (including phenoxy) is 3. The van der Waals surface area contributed by atoms with Crippen molar-refractivity contribution in [1.29, 1.82) is 0 Å². The number of nitrogens with one attached hydrogen (secondary N) is 3. The van der Waals surface area contributed by atoms with E-state index >= 15 is 0 Å². The van der Waals surface area contributed by atoms with Gasteiger partial charge in [0.1, 0.15) is 11.5 Å². The van der Waals surface area contributed by atoms with Crippen LogP contribution in [0.15, 0.2) is 53.6 Å². The quantitative estimate of drug-likeness (QED) is 0.208. The average molecular weight is 442 g/mol. The number of hydrogen-bond acceptors (Lipinski definition) is 7. The number of anilines is 1. The zero-order valence-corrected chi connectivity index (χ0v) is 17.9. The molecule has 2 aromatic rings. The smallest absolute Gasteiger partial charge is 0.329 e. The van der Waals surface area contributed by atoms with E-state index in [9.17, 15) is 14.4 Å². The lowest BCUT2D eigenvalue weighted by atomic mass is 10.2. The molecule has 32 heavy (non-hydrogen) atoms. The van der Waals surface area contributed by atoms with Crippen molar-refractivity contribution in [1.82, 2.24) is 10.7 Å². The molecule has 2 aromatic carbocycles. The third kappa shape index (κ3) is 8.84. The molecular formula is C22H26N4O6. The molecule has 0 aliphatic carbocycles. The minimum absolute atomic E-state index is 0.197. The fourth-order valence-electron chi connectivity index (χ4n) is 2.45. The zero-order chi connectivity index (χ0) is 23.2. The van der Waals surface area contributed by atoms with Crippen LogP contribution in [0.1, 0.15) is 12.0 Å². The van der Waals surface area contributed by atoms with Crippen LogP contribution in [0.4, 0.5) is 5.69 Å². The number of methoxy groups -OCH3 is 2. The topological polar surface area (TPSA) is 127 Å². The highest BCUT2D eigenvalue weighted by atomic mass is 16.5. The molecule has 0 aliphatic rings.